The molecule has 1 heterocycles. The van der Waals surface area contributed by atoms with E-state index in [0.29, 0.717) is 0 Å². The number of ether oxygens (including phenoxy) is 1. The lowest BCUT2D eigenvalue weighted by Crippen LogP contribution is -2.41. The average Bonchev–Trinajstić information content (AvgIpc) is 2.45. The van der Waals surface area contributed by atoms with Gasteiger partial charge in [0.1, 0.15) is 0 Å². The molecule has 19 heavy (non-hydrogen) atoms. The minimum Gasteiger partial charge on any atom is -0.463 e. The van der Waals surface area contributed by atoms with Gasteiger partial charge in [-0.15, -0.1) is 0 Å². The van der Waals surface area contributed by atoms with E-state index in [4.69, 9.17) is 14.0 Å². The van der Waals surface area contributed by atoms with Crippen LogP contribution in [0.3, 0.4) is 0 Å². The van der Waals surface area contributed by atoms with Gasteiger partial charge in [-0.3, -0.25) is 4.79 Å². The summed E-state index contributed by atoms with van der Waals surface area (Å²) in [6.45, 7) is 15.6. The van der Waals surface area contributed by atoms with Gasteiger partial charge in [0.05, 0.1) is 23.2 Å². The first-order chi connectivity index (χ1) is 8.48. The normalized spacial score (nSPS) is 24.4. The Balaban J connectivity index is 2.70. The molecule has 1 fully saturated rings. The van der Waals surface area contributed by atoms with Crippen molar-refractivity contribution in [1.29, 1.82) is 0 Å². The van der Waals surface area contributed by atoms with Crippen molar-refractivity contribution in [3.63, 3.8) is 0 Å². The van der Waals surface area contributed by atoms with Gasteiger partial charge in [0.2, 0.25) is 0 Å². The molecule has 0 bridgehead atoms. The molecular weight excluding hydrogens is 243 g/mol. The van der Waals surface area contributed by atoms with E-state index in [1.165, 1.54) is 0 Å². The Labute approximate surface area is 117 Å². The molecule has 4 nitrogen and oxygen atoms in total. The molecule has 0 spiro atoms. The zero-order valence-corrected chi connectivity index (χ0v) is 13.4. The molecule has 0 amide bonds. The summed E-state index contributed by atoms with van der Waals surface area (Å²) in [4.78, 5) is 11.9. The Morgan fingerprint density at radius 3 is 1.79 bits per heavy atom. The average molecular weight is 270 g/mol. The fourth-order valence-corrected chi connectivity index (χ4v) is 1.89. The van der Waals surface area contributed by atoms with Gasteiger partial charge in [-0.1, -0.05) is 13.8 Å². The quantitative estimate of drug-likeness (QED) is 0.581. The van der Waals surface area contributed by atoms with Gasteiger partial charge in [-0.25, -0.2) is 0 Å². The summed E-state index contributed by atoms with van der Waals surface area (Å²) in [6, 6.07) is 0. The van der Waals surface area contributed by atoms with Crippen LogP contribution in [0.5, 0.6) is 0 Å². The molecule has 110 valence electrons. The molecule has 1 saturated heterocycles. The van der Waals surface area contributed by atoms with Gasteiger partial charge in [0.15, 0.2) is 0 Å². The molecule has 0 radical (unpaired) electrons. The number of hydrogen-bond donors (Lipinski definition) is 0. The van der Waals surface area contributed by atoms with Crippen molar-refractivity contribution in [2.45, 2.75) is 78.5 Å². The van der Waals surface area contributed by atoms with E-state index in [9.17, 15) is 4.79 Å². The monoisotopic (exact) mass is 270 g/mol. The molecule has 5 heteroatoms. The van der Waals surface area contributed by atoms with Crippen LogP contribution in [-0.4, -0.2) is 30.4 Å². The smallest absolute Gasteiger partial charge is 0.461 e. The number of esters is 1. The summed E-state index contributed by atoms with van der Waals surface area (Å²) in [5, 5.41) is 0. The molecule has 1 aliphatic heterocycles. The molecular formula is C14H27BO4. The van der Waals surface area contributed by atoms with E-state index >= 15 is 0 Å². The lowest BCUT2D eigenvalue weighted by atomic mass is 9.66. The maximum Gasteiger partial charge on any atom is 0.461 e. The molecule has 0 aliphatic carbocycles. The highest BCUT2D eigenvalue weighted by Gasteiger charge is 2.54. The second-order valence-electron chi connectivity index (χ2n) is 6.76. The van der Waals surface area contributed by atoms with Crippen LogP contribution in [0.4, 0.5) is 0 Å². The topological polar surface area (TPSA) is 44.8 Å². The van der Waals surface area contributed by atoms with Crippen LogP contribution in [0, 0.1) is 5.92 Å². The van der Waals surface area contributed by atoms with Crippen LogP contribution in [0.2, 0.25) is 5.82 Å². The highest BCUT2D eigenvalue weighted by molar-refractivity contribution is 6.47. The summed E-state index contributed by atoms with van der Waals surface area (Å²) in [5.41, 5.74) is -0.735. The van der Waals surface area contributed by atoms with Crippen molar-refractivity contribution >= 4 is 13.1 Å². The van der Waals surface area contributed by atoms with Crippen molar-refractivity contribution < 1.29 is 18.8 Å². The highest BCUT2D eigenvalue weighted by Crippen LogP contribution is 2.41. The molecule has 0 aromatic carbocycles. The van der Waals surface area contributed by atoms with Gasteiger partial charge < -0.3 is 14.0 Å². The first kappa shape index (κ1) is 16.5. The fourth-order valence-electron chi connectivity index (χ4n) is 1.89. The molecule has 0 N–H and O–H groups in total. The van der Waals surface area contributed by atoms with Gasteiger partial charge in [0.25, 0.3) is 0 Å². The summed E-state index contributed by atoms with van der Waals surface area (Å²) >= 11 is 0. The Morgan fingerprint density at radius 2 is 1.42 bits per heavy atom. The highest BCUT2D eigenvalue weighted by atomic mass is 16.7. The van der Waals surface area contributed by atoms with Gasteiger partial charge in [-0.2, -0.15) is 0 Å². The van der Waals surface area contributed by atoms with E-state index in [0.717, 1.165) is 0 Å². The molecule has 0 aromatic heterocycles. The molecule has 0 saturated carbocycles. The van der Waals surface area contributed by atoms with Crippen molar-refractivity contribution in [3.05, 3.63) is 0 Å². The number of rotatable bonds is 4. The SMILES string of the molecule is CC(C)OC(=O)[C@H](C)[C@H](C)B1OC(C)(C)C(C)(C)O1. The Morgan fingerprint density at radius 1 is 1.00 bits per heavy atom. The summed E-state index contributed by atoms with van der Waals surface area (Å²) < 4.78 is 17.2. The third kappa shape index (κ3) is 3.51. The Hall–Kier alpha value is -0.545. The number of carbonyl (C=O) groups excluding carboxylic acids is 1. The van der Waals surface area contributed by atoms with Crippen LogP contribution in [0.25, 0.3) is 0 Å². The Kier molecular flexibility index (Phi) is 4.73. The predicted octanol–water partition coefficient (Wildman–Crippen LogP) is 3.06. The van der Waals surface area contributed by atoms with Gasteiger partial charge in [0, 0.05) is 5.82 Å². The van der Waals surface area contributed by atoms with E-state index in [1.54, 1.807) is 0 Å². The molecule has 2 atom stereocenters. The number of hydrogen-bond acceptors (Lipinski definition) is 4. The maximum absolute atomic E-state index is 11.9. The van der Waals surface area contributed by atoms with Crippen LogP contribution in [0.1, 0.15) is 55.4 Å². The third-order valence-corrected chi connectivity index (χ3v) is 4.21. The van der Waals surface area contributed by atoms with Crippen LogP contribution in [-0.2, 0) is 18.8 Å². The first-order valence-corrected chi connectivity index (χ1v) is 7.04. The van der Waals surface area contributed by atoms with E-state index < -0.39 is 0 Å². The van der Waals surface area contributed by atoms with E-state index in [-0.39, 0.29) is 42.1 Å². The summed E-state index contributed by atoms with van der Waals surface area (Å²) in [6.07, 6.45) is -0.0968. The third-order valence-electron chi connectivity index (χ3n) is 4.21. The minimum absolute atomic E-state index is 0.0488. The minimum atomic E-state index is -0.375. The zero-order chi connectivity index (χ0) is 15.0. The maximum atomic E-state index is 11.9. The predicted molar refractivity (Wildman–Crippen MR) is 75.9 cm³/mol. The largest absolute Gasteiger partial charge is 0.463 e. The van der Waals surface area contributed by atoms with E-state index in [2.05, 4.69) is 0 Å². The number of carbonyl (C=O) groups is 1. The van der Waals surface area contributed by atoms with E-state index in [1.807, 2.05) is 55.4 Å². The van der Waals surface area contributed by atoms with Crippen molar-refractivity contribution in [2.75, 3.05) is 0 Å². The fraction of sp³-hybridized carbons (Fsp3) is 0.929. The van der Waals surface area contributed by atoms with Crippen molar-refractivity contribution in [3.8, 4) is 0 Å². The molecule has 0 aromatic rings. The summed E-state index contributed by atoms with van der Waals surface area (Å²) in [5.74, 6) is -0.499. The van der Waals surface area contributed by atoms with Gasteiger partial charge in [-0.05, 0) is 41.5 Å². The zero-order valence-electron chi connectivity index (χ0n) is 13.4. The van der Waals surface area contributed by atoms with Crippen LogP contribution < -0.4 is 0 Å². The van der Waals surface area contributed by atoms with Crippen LogP contribution >= 0.6 is 0 Å². The molecule has 1 rings (SSSR count). The lowest BCUT2D eigenvalue weighted by Gasteiger charge is -2.32. The summed E-state index contributed by atoms with van der Waals surface area (Å²) in [7, 11) is -0.375. The standard InChI is InChI=1S/C14H27BO4/c1-9(2)17-12(16)10(3)11(4)15-18-13(5,6)14(7,8)19-15/h9-11H,1-8H3/t10-,11+/m1/s1. The second-order valence-corrected chi connectivity index (χ2v) is 6.76. The Bertz CT molecular complexity index is 322. The second kappa shape index (κ2) is 5.45. The van der Waals surface area contributed by atoms with Crippen molar-refractivity contribution in [1.82, 2.24) is 0 Å². The molecule has 0 unspecified atom stereocenters. The van der Waals surface area contributed by atoms with Crippen LogP contribution in [0.15, 0.2) is 0 Å². The lowest BCUT2D eigenvalue weighted by molar-refractivity contribution is -0.152. The first-order valence-electron chi connectivity index (χ1n) is 7.04. The van der Waals surface area contributed by atoms with Crippen molar-refractivity contribution in [2.24, 2.45) is 5.92 Å². The van der Waals surface area contributed by atoms with Gasteiger partial charge >= 0.3 is 13.1 Å². The molecule has 1 aliphatic rings.